The van der Waals surface area contributed by atoms with Gasteiger partial charge in [0.15, 0.2) is 0 Å². The molecule has 1 N–H and O–H groups in total. The summed E-state index contributed by atoms with van der Waals surface area (Å²) in [5.74, 6) is -0.289. The van der Waals surface area contributed by atoms with E-state index in [0.717, 1.165) is 23.4 Å². The molecule has 0 fully saturated rings. The molecule has 5 heteroatoms. The lowest BCUT2D eigenvalue weighted by atomic mass is 10.1. The van der Waals surface area contributed by atoms with Crippen molar-refractivity contribution in [2.24, 2.45) is 0 Å². The number of aryl methyl sites for hydroxylation is 1. The summed E-state index contributed by atoms with van der Waals surface area (Å²) in [6, 6.07) is 9.44. The van der Waals surface area contributed by atoms with E-state index in [1.54, 1.807) is 19.1 Å². The van der Waals surface area contributed by atoms with E-state index in [4.69, 9.17) is 0 Å². The van der Waals surface area contributed by atoms with Crippen LogP contribution in [0.1, 0.15) is 29.7 Å². The highest BCUT2D eigenvalue weighted by Gasteiger charge is 2.30. The van der Waals surface area contributed by atoms with Gasteiger partial charge >= 0.3 is 6.18 Å². The van der Waals surface area contributed by atoms with Gasteiger partial charge in [0, 0.05) is 11.7 Å². The summed E-state index contributed by atoms with van der Waals surface area (Å²) in [6.45, 7) is 3.49. The van der Waals surface area contributed by atoms with Crippen LogP contribution in [-0.2, 0) is 6.18 Å². The van der Waals surface area contributed by atoms with Gasteiger partial charge in [-0.15, -0.1) is 0 Å². The highest BCUT2D eigenvalue weighted by atomic mass is 19.4. The van der Waals surface area contributed by atoms with E-state index in [1.165, 1.54) is 18.2 Å². The average molecular weight is 297 g/mol. The minimum absolute atomic E-state index is 0.183. The Morgan fingerprint density at radius 1 is 1.00 bits per heavy atom. The Bertz CT molecular complexity index is 617. The molecule has 0 aliphatic heterocycles. The Kier molecular flexibility index (Phi) is 4.21. The van der Waals surface area contributed by atoms with Gasteiger partial charge in [0.05, 0.1) is 5.56 Å². The van der Waals surface area contributed by atoms with Gasteiger partial charge in [-0.05, 0) is 55.3 Å². The number of alkyl halides is 3. The number of benzene rings is 2. The van der Waals surface area contributed by atoms with Crippen LogP contribution >= 0.6 is 0 Å². The summed E-state index contributed by atoms with van der Waals surface area (Å²) in [5, 5.41) is 3.14. The van der Waals surface area contributed by atoms with Crippen molar-refractivity contribution in [3.05, 3.63) is 65.0 Å². The first kappa shape index (κ1) is 15.4. The molecular weight excluding hydrogens is 282 g/mol. The molecule has 0 bridgehead atoms. The van der Waals surface area contributed by atoms with Gasteiger partial charge in [-0.25, -0.2) is 4.39 Å². The third kappa shape index (κ3) is 3.74. The molecule has 2 aromatic carbocycles. The molecule has 21 heavy (non-hydrogen) atoms. The SMILES string of the molecule is Cc1cc(NC(C)c2ccc(C(F)(F)F)cc2)ccc1F. The number of hydrogen-bond acceptors (Lipinski definition) is 1. The lowest BCUT2D eigenvalue weighted by Gasteiger charge is -2.17. The fourth-order valence-corrected chi connectivity index (χ4v) is 2.03. The van der Waals surface area contributed by atoms with Crippen LogP contribution < -0.4 is 5.32 Å². The number of rotatable bonds is 3. The summed E-state index contributed by atoms with van der Waals surface area (Å²) in [7, 11) is 0. The molecule has 0 saturated carbocycles. The van der Waals surface area contributed by atoms with Crippen LogP contribution in [0.15, 0.2) is 42.5 Å². The standard InChI is InChI=1S/C16H15F4N/c1-10-9-14(7-8-15(10)17)21-11(2)12-3-5-13(6-4-12)16(18,19)20/h3-9,11,21H,1-2H3. The summed E-state index contributed by atoms with van der Waals surface area (Å²) >= 11 is 0. The molecule has 0 aliphatic rings. The molecule has 1 atom stereocenters. The minimum atomic E-state index is -4.33. The Balaban J connectivity index is 2.13. The van der Waals surface area contributed by atoms with E-state index < -0.39 is 11.7 Å². The van der Waals surface area contributed by atoms with Crippen molar-refractivity contribution in [1.29, 1.82) is 0 Å². The van der Waals surface area contributed by atoms with Crippen molar-refractivity contribution >= 4 is 5.69 Å². The largest absolute Gasteiger partial charge is 0.416 e. The highest BCUT2D eigenvalue weighted by Crippen LogP contribution is 2.30. The van der Waals surface area contributed by atoms with Crippen LogP contribution in [0.4, 0.5) is 23.2 Å². The second-order valence-corrected chi connectivity index (χ2v) is 4.95. The Morgan fingerprint density at radius 3 is 2.14 bits per heavy atom. The average Bonchev–Trinajstić information content (AvgIpc) is 2.42. The van der Waals surface area contributed by atoms with Crippen LogP contribution in [-0.4, -0.2) is 0 Å². The lowest BCUT2D eigenvalue weighted by Crippen LogP contribution is -2.09. The van der Waals surface area contributed by atoms with E-state index in [0.29, 0.717) is 5.56 Å². The first-order chi connectivity index (χ1) is 9.77. The van der Waals surface area contributed by atoms with Crippen molar-refractivity contribution in [1.82, 2.24) is 0 Å². The normalized spacial score (nSPS) is 13.0. The molecule has 0 saturated heterocycles. The van der Waals surface area contributed by atoms with Crippen LogP contribution in [0, 0.1) is 12.7 Å². The van der Waals surface area contributed by atoms with E-state index in [9.17, 15) is 17.6 Å². The van der Waals surface area contributed by atoms with Crippen molar-refractivity contribution in [2.45, 2.75) is 26.1 Å². The Morgan fingerprint density at radius 2 is 1.62 bits per heavy atom. The summed E-state index contributed by atoms with van der Waals surface area (Å²) < 4.78 is 50.7. The first-order valence-electron chi connectivity index (χ1n) is 6.47. The van der Waals surface area contributed by atoms with Gasteiger partial charge in [-0.1, -0.05) is 12.1 Å². The summed E-state index contributed by atoms with van der Waals surface area (Å²) in [4.78, 5) is 0. The molecule has 2 rings (SSSR count). The Hall–Kier alpha value is -2.04. The van der Waals surface area contributed by atoms with Gasteiger partial charge in [0.2, 0.25) is 0 Å². The zero-order chi connectivity index (χ0) is 15.6. The molecule has 1 nitrogen and oxygen atoms in total. The lowest BCUT2D eigenvalue weighted by molar-refractivity contribution is -0.137. The summed E-state index contributed by atoms with van der Waals surface area (Å²) in [6.07, 6.45) is -4.33. The first-order valence-corrected chi connectivity index (χ1v) is 6.47. The zero-order valence-corrected chi connectivity index (χ0v) is 11.6. The number of halogens is 4. The molecule has 0 heterocycles. The van der Waals surface area contributed by atoms with Crippen molar-refractivity contribution < 1.29 is 17.6 Å². The predicted molar refractivity (Wildman–Crippen MR) is 74.6 cm³/mol. The second-order valence-electron chi connectivity index (χ2n) is 4.95. The predicted octanol–water partition coefficient (Wildman–Crippen LogP) is 5.33. The number of anilines is 1. The van der Waals surface area contributed by atoms with Gasteiger partial charge in [0.1, 0.15) is 5.82 Å². The molecule has 0 radical (unpaired) electrons. The van der Waals surface area contributed by atoms with E-state index >= 15 is 0 Å². The fraction of sp³-hybridized carbons (Fsp3) is 0.250. The van der Waals surface area contributed by atoms with Gasteiger partial charge in [-0.2, -0.15) is 13.2 Å². The van der Waals surface area contributed by atoms with Crippen molar-refractivity contribution in [3.63, 3.8) is 0 Å². The fourth-order valence-electron chi connectivity index (χ4n) is 2.03. The molecular formula is C16H15F4N. The van der Waals surface area contributed by atoms with Crippen LogP contribution in [0.5, 0.6) is 0 Å². The molecule has 1 unspecified atom stereocenters. The van der Waals surface area contributed by atoms with Crippen molar-refractivity contribution in [3.8, 4) is 0 Å². The number of hydrogen-bond donors (Lipinski definition) is 1. The van der Waals surface area contributed by atoms with E-state index in [-0.39, 0.29) is 11.9 Å². The molecule has 0 spiro atoms. The smallest absolute Gasteiger partial charge is 0.379 e. The van der Waals surface area contributed by atoms with Gasteiger partial charge < -0.3 is 5.32 Å². The van der Waals surface area contributed by atoms with E-state index in [1.807, 2.05) is 6.92 Å². The maximum atomic E-state index is 13.2. The molecule has 2 aromatic rings. The monoisotopic (exact) mass is 297 g/mol. The van der Waals surface area contributed by atoms with Crippen LogP contribution in [0.2, 0.25) is 0 Å². The van der Waals surface area contributed by atoms with Crippen molar-refractivity contribution in [2.75, 3.05) is 5.32 Å². The topological polar surface area (TPSA) is 12.0 Å². The minimum Gasteiger partial charge on any atom is -0.379 e. The quantitative estimate of drug-likeness (QED) is 0.755. The highest BCUT2D eigenvalue weighted by molar-refractivity contribution is 5.48. The molecule has 0 aliphatic carbocycles. The van der Waals surface area contributed by atoms with E-state index in [2.05, 4.69) is 5.32 Å². The molecule has 112 valence electrons. The summed E-state index contributed by atoms with van der Waals surface area (Å²) in [5.41, 5.74) is 1.29. The van der Waals surface area contributed by atoms with Crippen LogP contribution in [0.3, 0.4) is 0 Å². The third-order valence-corrected chi connectivity index (χ3v) is 3.28. The van der Waals surface area contributed by atoms with Gasteiger partial charge in [-0.3, -0.25) is 0 Å². The second kappa shape index (κ2) is 5.76. The number of nitrogens with one attached hydrogen (secondary N) is 1. The molecule has 0 aromatic heterocycles. The zero-order valence-electron chi connectivity index (χ0n) is 11.6. The Labute approximate surface area is 120 Å². The molecule has 0 amide bonds. The third-order valence-electron chi connectivity index (χ3n) is 3.28. The maximum Gasteiger partial charge on any atom is 0.416 e. The van der Waals surface area contributed by atoms with Gasteiger partial charge in [0.25, 0.3) is 0 Å². The van der Waals surface area contributed by atoms with Crippen LogP contribution in [0.25, 0.3) is 0 Å². The maximum absolute atomic E-state index is 13.2.